The van der Waals surface area contributed by atoms with E-state index >= 15 is 0 Å². The molecule has 0 aliphatic heterocycles. The lowest BCUT2D eigenvalue weighted by molar-refractivity contribution is -0.138. The number of rotatable bonds is 2. The van der Waals surface area contributed by atoms with Crippen LogP contribution in [0, 0.1) is 12.5 Å². The number of alkyl halides is 2. The van der Waals surface area contributed by atoms with E-state index < -0.39 is 22.1 Å². The first-order chi connectivity index (χ1) is 7.87. The van der Waals surface area contributed by atoms with Crippen LogP contribution in [-0.4, -0.2) is 15.4 Å². The van der Waals surface area contributed by atoms with Crippen molar-refractivity contribution in [2.75, 3.05) is 0 Å². The van der Waals surface area contributed by atoms with Gasteiger partial charge < -0.3 is 5.11 Å². The fraction of sp³-hybridized carbons (Fsp3) is 0.273. The molecule has 2 unspecified atom stereocenters. The van der Waals surface area contributed by atoms with Crippen LogP contribution >= 0.6 is 34.8 Å². The lowest BCUT2D eigenvalue weighted by atomic mass is 10.1. The van der Waals surface area contributed by atoms with E-state index in [0.29, 0.717) is 16.3 Å². The molecule has 1 saturated carbocycles. The van der Waals surface area contributed by atoms with Gasteiger partial charge in [0.05, 0.1) is 12.5 Å². The second kappa shape index (κ2) is 4.06. The molecule has 88 valence electrons. The van der Waals surface area contributed by atoms with Crippen molar-refractivity contribution in [2.45, 2.75) is 10.3 Å². The summed E-state index contributed by atoms with van der Waals surface area (Å²) in [5.74, 6) is -2.44. The van der Waals surface area contributed by atoms with E-state index in [1.54, 1.807) is 12.1 Å². The van der Waals surface area contributed by atoms with Crippen LogP contribution in [0.15, 0.2) is 18.2 Å². The molecule has 6 heteroatoms. The molecule has 1 fully saturated rings. The number of carboxylic acid groups (broad SMARTS) is 1. The van der Waals surface area contributed by atoms with Crippen molar-refractivity contribution in [3.63, 3.8) is 0 Å². The van der Waals surface area contributed by atoms with Crippen LogP contribution in [-0.2, 0) is 4.79 Å². The summed E-state index contributed by atoms with van der Waals surface area (Å²) in [7, 11) is 0. The Balaban J connectivity index is 2.41. The van der Waals surface area contributed by atoms with Gasteiger partial charge in [-0.05, 0) is 17.7 Å². The number of nitrogens with zero attached hydrogens (tertiary/aromatic N) is 1. The molecule has 0 saturated heterocycles. The summed E-state index contributed by atoms with van der Waals surface area (Å²) in [5.41, 5.74) is 0.925. The van der Waals surface area contributed by atoms with E-state index in [1.807, 2.05) is 0 Å². The van der Waals surface area contributed by atoms with Gasteiger partial charge in [-0.15, -0.1) is 0 Å². The Kier molecular flexibility index (Phi) is 2.99. The smallest absolute Gasteiger partial charge is 0.310 e. The number of benzene rings is 1. The van der Waals surface area contributed by atoms with Gasteiger partial charge in [-0.25, -0.2) is 4.85 Å². The SMILES string of the molecule is [C-]#[N+]c1cc(Cl)cc(C2C(C(=O)O)C2(Cl)Cl)c1. The van der Waals surface area contributed by atoms with Crippen LogP contribution in [0.1, 0.15) is 11.5 Å². The quantitative estimate of drug-likeness (QED) is 0.664. The molecule has 1 aliphatic carbocycles. The molecule has 1 N–H and O–H groups in total. The van der Waals surface area contributed by atoms with Gasteiger partial charge >= 0.3 is 5.97 Å². The second-order valence-electron chi connectivity index (χ2n) is 3.82. The lowest BCUT2D eigenvalue weighted by Crippen LogP contribution is -2.03. The molecular formula is C11H6Cl3NO2. The molecule has 0 radical (unpaired) electrons. The first-order valence-corrected chi connectivity index (χ1v) is 5.80. The highest BCUT2D eigenvalue weighted by molar-refractivity contribution is 6.53. The minimum absolute atomic E-state index is 0.340. The van der Waals surface area contributed by atoms with E-state index in [9.17, 15) is 4.79 Å². The van der Waals surface area contributed by atoms with Gasteiger partial charge in [0.1, 0.15) is 4.33 Å². The summed E-state index contributed by atoms with van der Waals surface area (Å²) in [6.07, 6.45) is 0. The largest absolute Gasteiger partial charge is 0.481 e. The van der Waals surface area contributed by atoms with Crippen molar-refractivity contribution in [3.8, 4) is 0 Å². The Morgan fingerprint density at radius 1 is 1.41 bits per heavy atom. The minimum atomic E-state index is -1.32. The van der Waals surface area contributed by atoms with Gasteiger partial charge in [0.25, 0.3) is 0 Å². The summed E-state index contributed by atoms with van der Waals surface area (Å²) < 4.78 is -1.32. The van der Waals surface area contributed by atoms with Crippen LogP contribution < -0.4 is 0 Å². The third-order valence-corrected chi connectivity index (χ3v) is 3.87. The molecule has 1 aromatic rings. The van der Waals surface area contributed by atoms with Gasteiger partial charge in [-0.2, -0.15) is 0 Å². The minimum Gasteiger partial charge on any atom is -0.481 e. The maximum Gasteiger partial charge on any atom is 0.310 e. The van der Waals surface area contributed by atoms with Gasteiger partial charge in [0.2, 0.25) is 0 Å². The zero-order chi connectivity index (χ0) is 12.8. The first kappa shape index (κ1) is 12.5. The van der Waals surface area contributed by atoms with Crippen molar-refractivity contribution >= 4 is 46.5 Å². The Labute approximate surface area is 113 Å². The highest BCUT2D eigenvalue weighted by Crippen LogP contribution is 2.65. The molecule has 0 amide bonds. The summed E-state index contributed by atoms with van der Waals surface area (Å²) in [6, 6.07) is 4.65. The molecule has 17 heavy (non-hydrogen) atoms. The molecule has 0 spiro atoms. The Hall–Kier alpha value is -0.950. The molecule has 0 aromatic heterocycles. The summed E-state index contributed by atoms with van der Waals surface area (Å²) in [5, 5.41) is 9.32. The molecule has 1 aliphatic rings. The van der Waals surface area contributed by atoms with Gasteiger partial charge in [-0.3, -0.25) is 4.79 Å². The Bertz CT molecular complexity index is 536. The maximum atomic E-state index is 10.9. The van der Waals surface area contributed by atoms with Crippen LogP contribution in [0.5, 0.6) is 0 Å². The van der Waals surface area contributed by atoms with E-state index in [0.717, 1.165) is 0 Å². The second-order valence-corrected chi connectivity index (χ2v) is 5.70. The molecule has 3 nitrogen and oxygen atoms in total. The zero-order valence-corrected chi connectivity index (χ0v) is 10.6. The van der Waals surface area contributed by atoms with Crippen molar-refractivity contribution in [1.29, 1.82) is 0 Å². The van der Waals surface area contributed by atoms with Gasteiger partial charge in [-0.1, -0.05) is 40.9 Å². The van der Waals surface area contributed by atoms with E-state index in [-0.39, 0.29) is 0 Å². The normalized spacial score (nSPS) is 25.1. The first-order valence-electron chi connectivity index (χ1n) is 4.66. The molecule has 1 aromatic carbocycles. The number of aliphatic carboxylic acids is 1. The van der Waals surface area contributed by atoms with Crippen molar-refractivity contribution < 1.29 is 9.90 Å². The maximum absolute atomic E-state index is 10.9. The average Bonchev–Trinajstić information content (AvgIpc) is 2.80. The summed E-state index contributed by atoms with van der Waals surface area (Å²) in [6.45, 7) is 6.92. The Morgan fingerprint density at radius 3 is 2.53 bits per heavy atom. The topological polar surface area (TPSA) is 41.7 Å². The standard InChI is InChI=1S/C11H6Cl3NO2/c1-15-7-3-5(2-6(12)4-7)8-9(10(16)17)11(8,13)14/h2-4,8-9H,(H,16,17). The lowest BCUT2D eigenvalue weighted by Gasteiger charge is -2.02. The predicted octanol–water partition coefficient (Wildman–Crippen LogP) is 3.86. The van der Waals surface area contributed by atoms with Gasteiger partial charge in [0.15, 0.2) is 5.69 Å². The number of carboxylic acids is 1. The van der Waals surface area contributed by atoms with Crippen molar-refractivity contribution in [2.24, 2.45) is 5.92 Å². The van der Waals surface area contributed by atoms with Crippen LogP contribution in [0.3, 0.4) is 0 Å². The molecule has 0 bridgehead atoms. The van der Waals surface area contributed by atoms with Gasteiger partial charge in [0, 0.05) is 10.9 Å². The third kappa shape index (κ3) is 2.09. The van der Waals surface area contributed by atoms with E-state index in [4.69, 9.17) is 46.5 Å². The fourth-order valence-corrected chi connectivity index (χ4v) is 2.94. The predicted molar refractivity (Wildman–Crippen MR) is 66.0 cm³/mol. The third-order valence-electron chi connectivity index (χ3n) is 2.71. The monoisotopic (exact) mass is 289 g/mol. The molecule has 0 heterocycles. The fourth-order valence-electron chi connectivity index (χ4n) is 1.89. The summed E-state index contributed by atoms with van der Waals surface area (Å²) in [4.78, 5) is 14.2. The van der Waals surface area contributed by atoms with Crippen LogP contribution in [0.2, 0.25) is 5.02 Å². The zero-order valence-electron chi connectivity index (χ0n) is 8.32. The number of carbonyl (C=O) groups is 1. The van der Waals surface area contributed by atoms with Crippen molar-refractivity contribution in [1.82, 2.24) is 0 Å². The molecular weight excluding hydrogens is 284 g/mol. The van der Waals surface area contributed by atoms with E-state index in [1.165, 1.54) is 6.07 Å². The van der Waals surface area contributed by atoms with Crippen molar-refractivity contribution in [3.05, 3.63) is 40.2 Å². The molecule has 2 atom stereocenters. The van der Waals surface area contributed by atoms with Crippen LogP contribution in [0.25, 0.3) is 4.85 Å². The highest BCUT2D eigenvalue weighted by Gasteiger charge is 2.68. The molecule has 2 rings (SSSR count). The van der Waals surface area contributed by atoms with E-state index in [2.05, 4.69) is 4.85 Å². The highest BCUT2D eigenvalue weighted by atomic mass is 35.5. The number of halogens is 3. The summed E-state index contributed by atoms with van der Waals surface area (Å²) >= 11 is 17.7. The average molecular weight is 291 g/mol. The number of hydrogen-bond donors (Lipinski definition) is 1. The number of hydrogen-bond acceptors (Lipinski definition) is 1. The van der Waals surface area contributed by atoms with Crippen LogP contribution in [0.4, 0.5) is 5.69 Å². The Morgan fingerprint density at radius 2 is 2.06 bits per heavy atom.